The molecule has 8 saturated carbocycles. The first-order chi connectivity index (χ1) is 19.4. The summed E-state index contributed by atoms with van der Waals surface area (Å²) < 4.78 is 0. The molecule has 8 fully saturated rings. The Hall–Kier alpha value is -3.32. The normalized spacial score (nSPS) is 41.6. The third kappa shape index (κ3) is 3.33. The van der Waals surface area contributed by atoms with Crippen LogP contribution in [0.3, 0.4) is 0 Å². The summed E-state index contributed by atoms with van der Waals surface area (Å²) >= 11 is 0. The summed E-state index contributed by atoms with van der Waals surface area (Å²) in [5.74, 6) is 16.6. The van der Waals surface area contributed by atoms with E-state index in [2.05, 4.69) is 47.9 Å². The van der Waals surface area contributed by atoms with Crippen LogP contribution in [0.2, 0.25) is 0 Å². The second-order valence-corrected chi connectivity index (χ2v) is 15.0. The standard InChI is InChI=1S/C40H38/c1-5-26-9-27(6-2)16-35(15-26)38-19-32-12-33(20-38)22-39(21-32,25-38)37-34-13-30-11-31(14-34)24-40(37,23-30)36-17-28(7-3)10-29(8-4)18-36/h1-4,9-10,15-18,30-34,37H,11-14,19-25H2. The number of hydrogen-bond donors (Lipinski definition) is 0. The fourth-order valence-electron chi connectivity index (χ4n) is 12.8. The van der Waals surface area contributed by atoms with E-state index < -0.39 is 0 Å². The summed E-state index contributed by atoms with van der Waals surface area (Å²) in [5, 5.41) is 0. The van der Waals surface area contributed by atoms with E-state index in [0.29, 0.717) is 11.3 Å². The Morgan fingerprint density at radius 3 is 1.50 bits per heavy atom. The number of benzene rings is 2. The molecule has 198 valence electrons. The molecule has 0 nitrogen and oxygen atoms in total. The molecular weight excluding hydrogens is 480 g/mol. The Bertz CT molecular complexity index is 1490. The molecule has 2 aromatic carbocycles. The van der Waals surface area contributed by atoms with E-state index in [-0.39, 0.29) is 10.8 Å². The minimum atomic E-state index is 0.197. The molecule has 10 rings (SSSR count). The van der Waals surface area contributed by atoms with Crippen molar-refractivity contribution in [1.29, 1.82) is 0 Å². The average molecular weight is 519 g/mol. The van der Waals surface area contributed by atoms with Gasteiger partial charge in [-0.05, 0) is 170 Å². The molecule has 5 unspecified atom stereocenters. The predicted molar refractivity (Wildman–Crippen MR) is 162 cm³/mol. The summed E-state index contributed by atoms with van der Waals surface area (Å²) in [5.41, 5.74) is 7.44. The molecule has 40 heavy (non-hydrogen) atoms. The van der Waals surface area contributed by atoms with Crippen molar-refractivity contribution in [2.75, 3.05) is 0 Å². The molecule has 0 amide bonds. The summed E-state index contributed by atoms with van der Waals surface area (Å²) in [6.45, 7) is 0. The molecule has 8 aliphatic carbocycles. The molecule has 0 heterocycles. The van der Waals surface area contributed by atoms with Crippen LogP contribution in [0.25, 0.3) is 0 Å². The van der Waals surface area contributed by atoms with E-state index >= 15 is 0 Å². The van der Waals surface area contributed by atoms with Gasteiger partial charge in [0.25, 0.3) is 0 Å². The van der Waals surface area contributed by atoms with Crippen LogP contribution >= 0.6 is 0 Å². The second kappa shape index (κ2) is 8.35. The predicted octanol–water partition coefficient (Wildman–Crippen LogP) is 7.84. The van der Waals surface area contributed by atoms with Gasteiger partial charge in [0.15, 0.2) is 0 Å². The van der Waals surface area contributed by atoms with Crippen molar-refractivity contribution in [3.05, 3.63) is 69.8 Å². The molecular formula is C40H38. The third-order valence-electron chi connectivity index (χ3n) is 12.8. The molecule has 8 aliphatic rings. The molecule has 0 saturated heterocycles. The minimum Gasteiger partial charge on any atom is -0.115 e. The maximum absolute atomic E-state index is 6.00. The summed E-state index contributed by atoms with van der Waals surface area (Å²) in [7, 11) is 0. The van der Waals surface area contributed by atoms with Crippen LogP contribution in [-0.4, -0.2) is 0 Å². The largest absolute Gasteiger partial charge is 0.115 e. The Morgan fingerprint density at radius 1 is 0.525 bits per heavy atom. The zero-order valence-corrected chi connectivity index (χ0v) is 23.5. The summed E-state index contributed by atoms with van der Waals surface area (Å²) in [6.07, 6.45) is 38.9. The average Bonchev–Trinajstić information content (AvgIpc) is 2.95. The van der Waals surface area contributed by atoms with Crippen LogP contribution in [0, 0.1) is 90.3 Å². The third-order valence-corrected chi connectivity index (χ3v) is 12.8. The van der Waals surface area contributed by atoms with Crippen molar-refractivity contribution in [3.8, 4) is 49.4 Å². The number of terminal acetylenes is 4. The van der Waals surface area contributed by atoms with E-state index in [1.54, 1.807) is 0 Å². The molecule has 5 atom stereocenters. The fraction of sp³-hybridized carbons (Fsp3) is 0.500. The SMILES string of the molecule is C#Cc1cc(C#C)cc(C23CC4CC(C2)CC(C2C5CC6CC(C5)CC2(c2cc(C#C)cc(C#C)c2)C6)(C4)C3)c1. The van der Waals surface area contributed by atoms with Crippen molar-refractivity contribution >= 4 is 0 Å². The van der Waals surface area contributed by atoms with Gasteiger partial charge in [-0.25, -0.2) is 0 Å². The molecule has 0 aromatic heterocycles. The Kier molecular flexibility index (Phi) is 5.11. The Balaban J connectivity index is 1.30. The van der Waals surface area contributed by atoms with Crippen molar-refractivity contribution in [2.45, 2.75) is 81.5 Å². The zero-order chi connectivity index (χ0) is 27.3. The van der Waals surface area contributed by atoms with Crippen LogP contribution in [0.15, 0.2) is 36.4 Å². The number of rotatable bonds is 3. The van der Waals surface area contributed by atoms with Crippen LogP contribution in [0.5, 0.6) is 0 Å². The van der Waals surface area contributed by atoms with Gasteiger partial charge in [-0.1, -0.05) is 23.7 Å². The molecule has 0 N–H and O–H groups in total. The van der Waals surface area contributed by atoms with Crippen LogP contribution in [-0.2, 0) is 10.8 Å². The highest BCUT2D eigenvalue weighted by molar-refractivity contribution is 5.50. The lowest BCUT2D eigenvalue weighted by Crippen LogP contribution is -2.65. The molecule has 2 aromatic rings. The summed E-state index contributed by atoms with van der Waals surface area (Å²) in [6, 6.07) is 13.4. The minimum absolute atomic E-state index is 0.197. The van der Waals surface area contributed by atoms with Gasteiger partial charge in [-0.3, -0.25) is 0 Å². The number of hydrogen-bond acceptors (Lipinski definition) is 0. The Morgan fingerprint density at radius 2 is 1.00 bits per heavy atom. The highest BCUT2D eigenvalue weighted by atomic mass is 14.7. The lowest BCUT2D eigenvalue weighted by molar-refractivity contribution is -0.186. The van der Waals surface area contributed by atoms with Gasteiger partial charge >= 0.3 is 0 Å². The van der Waals surface area contributed by atoms with Crippen LogP contribution in [0.4, 0.5) is 0 Å². The lowest BCUT2D eigenvalue weighted by atomic mass is 9.32. The van der Waals surface area contributed by atoms with E-state index in [0.717, 1.165) is 51.8 Å². The van der Waals surface area contributed by atoms with Gasteiger partial charge in [0.1, 0.15) is 0 Å². The smallest absolute Gasteiger partial charge is 0.0257 e. The van der Waals surface area contributed by atoms with Gasteiger partial charge in [0.2, 0.25) is 0 Å². The second-order valence-electron chi connectivity index (χ2n) is 15.0. The maximum atomic E-state index is 6.00. The maximum Gasteiger partial charge on any atom is 0.0257 e. The van der Waals surface area contributed by atoms with Crippen molar-refractivity contribution in [3.63, 3.8) is 0 Å². The van der Waals surface area contributed by atoms with Gasteiger partial charge in [0, 0.05) is 22.3 Å². The highest BCUT2D eigenvalue weighted by Crippen LogP contribution is 2.76. The van der Waals surface area contributed by atoms with E-state index in [9.17, 15) is 0 Å². The van der Waals surface area contributed by atoms with Gasteiger partial charge in [0.05, 0.1) is 0 Å². The van der Waals surface area contributed by atoms with Crippen molar-refractivity contribution < 1.29 is 0 Å². The molecule has 0 radical (unpaired) electrons. The van der Waals surface area contributed by atoms with Crippen LogP contribution < -0.4 is 0 Å². The Labute approximate surface area is 241 Å². The molecule has 0 heteroatoms. The quantitative estimate of drug-likeness (QED) is 0.363. The van der Waals surface area contributed by atoms with E-state index in [4.69, 9.17) is 25.7 Å². The van der Waals surface area contributed by atoms with Gasteiger partial charge in [-0.15, -0.1) is 25.7 Å². The van der Waals surface area contributed by atoms with Gasteiger partial charge in [-0.2, -0.15) is 0 Å². The van der Waals surface area contributed by atoms with E-state index in [1.807, 2.05) is 12.1 Å². The van der Waals surface area contributed by atoms with Crippen molar-refractivity contribution in [2.24, 2.45) is 40.9 Å². The van der Waals surface area contributed by atoms with Gasteiger partial charge < -0.3 is 0 Å². The molecule has 8 bridgehead atoms. The molecule has 0 aliphatic heterocycles. The monoisotopic (exact) mass is 518 g/mol. The fourth-order valence-corrected chi connectivity index (χ4v) is 12.8. The van der Waals surface area contributed by atoms with Crippen LogP contribution in [0.1, 0.15) is 104 Å². The first kappa shape index (κ1) is 24.5. The summed E-state index contributed by atoms with van der Waals surface area (Å²) in [4.78, 5) is 0. The van der Waals surface area contributed by atoms with Crippen molar-refractivity contribution in [1.82, 2.24) is 0 Å². The zero-order valence-electron chi connectivity index (χ0n) is 23.5. The molecule has 0 spiro atoms. The highest BCUT2D eigenvalue weighted by Gasteiger charge is 2.68. The van der Waals surface area contributed by atoms with E-state index in [1.165, 1.54) is 81.8 Å². The topological polar surface area (TPSA) is 0 Å². The first-order valence-corrected chi connectivity index (χ1v) is 15.6. The first-order valence-electron chi connectivity index (χ1n) is 15.6. The lowest BCUT2D eigenvalue weighted by Gasteiger charge is -2.72.